The van der Waals surface area contributed by atoms with E-state index in [1.807, 2.05) is 18.5 Å². The van der Waals surface area contributed by atoms with Crippen LogP contribution in [0.5, 0.6) is 0 Å². The third-order valence-electron chi connectivity index (χ3n) is 3.61. The summed E-state index contributed by atoms with van der Waals surface area (Å²) in [6.07, 6.45) is 1.60. The molecule has 0 aliphatic carbocycles. The Morgan fingerprint density at radius 2 is 2.00 bits per heavy atom. The van der Waals surface area contributed by atoms with Crippen molar-refractivity contribution in [3.05, 3.63) is 51.6 Å². The van der Waals surface area contributed by atoms with Gasteiger partial charge >= 0.3 is 0 Å². The molecule has 0 fully saturated rings. The van der Waals surface area contributed by atoms with Crippen LogP contribution in [0, 0.1) is 5.82 Å². The normalized spacial score (nSPS) is 12.7. The average molecular weight is 329 g/mol. The second-order valence-corrected chi connectivity index (χ2v) is 6.05. The first kappa shape index (κ1) is 16.3. The third kappa shape index (κ3) is 3.24. The second kappa shape index (κ2) is 6.80. The number of hydrogen-bond acceptors (Lipinski definition) is 1. The van der Waals surface area contributed by atoms with Gasteiger partial charge in [-0.05, 0) is 31.9 Å². The summed E-state index contributed by atoms with van der Waals surface area (Å²) in [5.41, 5.74) is 3.55. The van der Waals surface area contributed by atoms with E-state index >= 15 is 0 Å². The van der Waals surface area contributed by atoms with Crippen molar-refractivity contribution in [3.8, 4) is 0 Å². The van der Waals surface area contributed by atoms with Crippen molar-refractivity contribution >= 4 is 23.2 Å². The summed E-state index contributed by atoms with van der Waals surface area (Å²) in [7, 11) is 0. The molecule has 1 aromatic carbocycles. The molecule has 0 bridgehead atoms. The molecule has 21 heavy (non-hydrogen) atoms. The summed E-state index contributed by atoms with van der Waals surface area (Å²) in [5, 5.41) is 4.92. The molecule has 2 nitrogen and oxygen atoms in total. The molecule has 0 aliphatic rings. The highest BCUT2D eigenvalue weighted by atomic mass is 35.5. The predicted molar refractivity (Wildman–Crippen MR) is 85.8 cm³/mol. The molecule has 0 N–H and O–H groups in total. The van der Waals surface area contributed by atoms with Gasteiger partial charge in [0.15, 0.2) is 0 Å². The topological polar surface area (TPSA) is 17.8 Å². The zero-order valence-corrected chi connectivity index (χ0v) is 14.0. The Hall–Kier alpha value is -1.06. The molecule has 2 rings (SSSR count). The van der Waals surface area contributed by atoms with Gasteiger partial charge in [0, 0.05) is 21.8 Å². The minimum Gasteiger partial charge on any atom is -0.264 e. The van der Waals surface area contributed by atoms with Gasteiger partial charge in [-0.3, -0.25) is 4.68 Å². The SMILES string of the molecule is CCc1nn(Cc2c(F)cccc2Cl)c(CC)c1C(C)Cl. The first-order valence-corrected chi connectivity index (χ1v) is 7.96. The molecule has 0 saturated heterocycles. The van der Waals surface area contributed by atoms with E-state index in [9.17, 15) is 4.39 Å². The lowest BCUT2D eigenvalue weighted by Crippen LogP contribution is -2.09. The number of rotatable bonds is 5. The molecule has 1 heterocycles. The average Bonchev–Trinajstić information content (AvgIpc) is 2.80. The van der Waals surface area contributed by atoms with Gasteiger partial charge in [-0.15, -0.1) is 11.6 Å². The van der Waals surface area contributed by atoms with Gasteiger partial charge < -0.3 is 0 Å². The van der Waals surface area contributed by atoms with Crippen molar-refractivity contribution < 1.29 is 4.39 Å². The lowest BCUT2D eigenvalue weighted by atomic mass is 10.1. The highest BCUT2D eigenvalue weighted by molar-refractivity contribution is 6.31. The predicted octanol–water partition coefficient (Wildman–Crippen LogP) is 5.15. The number of aryl methyl sites for hydroxylation is 1. The van der Waals surface area contributed by atoms with Gasteiger partial charge in [-0.1, -0.05) is 31.5 Å². The van der Waals surface area contributed by atoms with Crippen LogP contribution in [0.25, 0.3) is 0 Å². The van der Waals surface area contributed by atoms with Crippen LogP contribution in [-0.4, -0.2) is 9.78 Å². The summed E-state index contributed by atoms with van der Waals surface area (Å²) in [5.74, 6) is -0.307. The van der Waals surface area contributed by atoms with Crippen LogP contribution in [0.15, 0.2) is 18.2 Å². The maximum Gasteiger partial charge on any atom is 0.129 e. The fraction of sp³-hybridized carbons (Fsp3) is 0.438. The third-order valence-corrected chi connectivity index (χ3v) is 4.18. The maximum atomic E-state index is 14.0. The largest absolute Gasteiger partial charge is 0.264 e. The van der Waals surface area contributed by atoms with Crippen LogP contribution in [0.3, 0.4) is 0 Å². The van der Waals surface area contributed by atoms with E-state index in [1.54, 1.807) is 12.1 Å². The maximum absolute atomic E-state index is 14.0. The Morgan fingerprint density at radius 1 is 1.29 bits per heavy atom. The van der Waals surface area contributed by atoms with Crippen molar-refractivity contribution in [1.82, 2.24) is 9.78 Å². The fourth-order valence-electron chi connectivity index (χ4n) is 2.62. The van der Waals surface area contributed by atoms with Gasteiger partial charge in [0.25, 0.3) is 0 Å². The Morgan fingerprint density at radius 3 is 2.52 bits per heavy atom. The highest BCUT2D eigenvalue weighted by Gasteiger charge is 2.20. The van der Waals surface area contributed by atoms with E-state index in [1.165, 1.54) is 6.07 Å². The van der Waals surface area contributed by atoms with E-state index in [0.29, 0.717) is 17.1 Å². The summed E-state index contributed by atoms with van der Waals surface area (Å²) >= 11 is 12.4. The lowest BCUT2D eigenvalue weighted by molar-refractivity contribution is 0.573. The number of halogens is 3. The van der Waals surface area contributed by atoms with Crippen LogP contribution in [0.1, 0.15) is 48.7 Å². The van der Waals surface area contributed by atoms with Crippen LogP contribution in [-0.2, 0) is 19.4 Å². The molecule has 5 heteroatoms. The molecule has 2 aromatic rings. The second-order valence-electron chi connectivity index (χ2n) is 4.99. The van der Waals surface area contributed by atoms with Crippen LogP contribution >= 0.6 is 23.2 Å². The molecule has 0 spiro atoms. The zero-order valence-electron chi connectivity index (χ0n) is 12.5. The summed E-state index contributed by atoms with van der Waals surface area (Å²) < 4.78 is 15.8. The lowest BCUT2D eigenvalue weighted by Gasteiger charge is -2.11. The minimum atomic E-state index is -0.307. The van der Waals surface area contributed by atoms with Crippen molar-refractivity contribution in [2.45, 2.75) is 45.5 Å². The number of hydrogen-bond donors (Lipinski definition) is 0. The number of nitrogens with zero attached hydrogens (tertiary/aromatic N) is 2. The van der Waals surface area contributed by atoms with Gasteiger partial charge in [-0.2, -0.15) is 5.10 Å². The van der Waals surface area contributed by atoms with Gasteiger partial charge in [0.1, 0.15) is 5.82 Å². The molecule has 1 atom stereocenters. The number of aromatic nitrogens is 2. The monoisotopic (exact) mass is 328 g/mol. The fourth-order valence-corrected chi connectivity index (χ4v) is 3.10. The highest BCUT2D eigenvalue weighted by Crippen LogP contribution is 2.29. The molecule has 0 amide bonds. The van der Waals surface area contributed by atoms with Crippen molar-refractivity contribution in [2.75, 3.05) is 0 Å². The Bertz CT molecular complexity index is 615. The zero-order chi connectivity index (χ0) is 15.6. The van der Waals surface area contributed by atoms with Crippen LogP contribution in [0.4, 0.5) is 4.39 Å². The van der Waals surface area contributed by atoms with E-state index in [4.69, 9.17) is 23.2 Å². The molecule has 114 valence electrons. The Kier molecular flexibility index (Phi) is 5.28. The molecule has 1 unspecified atom stereocenters. The van der Waals surface area contributed by atoms with Gasteiger partial charge in [0.05, 0.1) is 17.6 Å². The van der Waals surface area contributed by atoms with Crippen LogP contribution in [0.2, 0.25) is 5.02 Å². The minimum absolute atomic E-state index is 0.111. The first-order chi connectivity index (χ1) is 9.99. The Balaban J connectivity index is 2.50. The standard InChI is InChI=1S/C16H19Cl2FN2/c1-4-14-16(10(3)17)15(5-2)21(20-14)9-11-12(18)7-6-8-13(11)19/h6-8,10H,4-5,9H2,1-3H3. The van der Waals surface area contributed by atoms with Crippen molar-refractivity contribution in [2.24, 2.45) is 0 Å². The molecule has 0 aliphatic heterocycles. The summed E-state index contributed by atoms with van der Waals surface area (Å²) in [6, 6.07) is 4.72. The van der Waals surface area contributed by atoms with E-state index in [-0.39, 0.29) is 11.2 Å². The van der Waals surface area contributed by atoms with E-state index in [2.05, 4.69) is 12.0 Å². The number of benzene rings is 1. The first-order valence-electron chi connectivity index (χ1n) is 7.14. The molecular weight excluding hydrogens is 310 g/mol. The summed E-state index contributed by atoms with van der Waals surface area (Å²) in [4.78, 5) is 0. The molecule has 0 saturated carbocycles. The summed E-state index contributed by atoms with van der Waals surface area (Å²) in [6.45, 7) is 6.37. The molecule has 0 radical (unpaired) electrons. The van der Waals surface area contributed by atoms with Crippen molar-refractivity contribution in [1.29, 1.82) is 0 Å². The molecule has 1 aromatic heterocycles. The van der Waals surface area contributed by atoms with Crippen LogP contribution < -0.4 is 0 Å². The van der Waals surface area contributed by atoms with Gasteiger partial charge in [0.2, 0.25) is 0 Å². The van der Waals surface area contributed by atoms with Gasteiger partial charge in [-0.25, -0.2) is 4.39 Å². The number of alkyl halides is 1. The Labute approximate surface area is 134 Å². The quantitative estimate of drug-likeness (QED) is 0.694. The van der Waals surface area contributed by atoms with E-state index in [0.717, 1.165) is 29.8 Å². The smallest absolute Gasteiger partial charge is 0.129 e. The molecular formula is C16H19Cl2FN2. The van der Waals surface area contributed by atoms with E-state index < -0.39 is 0 Å². The van der Waals surface area contributed by atoms with Crippen molar-refractivity contribution in [3.63, 3.8) is 0 Å².